The number of hydrogen-bond acceptors (Lipinski definition) is 13. The third-order valence-electron chi connectivity index (χ3n) is 10.8. The minimum atomic E-state index is -0.846. The summed E-state index contributed by atoms with van der Waals surface area (Å²) in [5, 5.41) is 11.0. The fourth-order valence-electron chi connectivity index (χ4n) is 7.73. The van der Waals surface area contributed by atoms with Gasteiger partial charge in [0.05, 0.1) is 32.5 Å². The summed E-state index contributed by atoms with van der Waals surface area (Å²) >= 11 is 0. The molecule has 0 aromatic heterocycles. The lowest BCUT2D eigenvalue weighted by Crippen LogP contribution is -2.58. The minimum Gasteiger partial charge on any atom is -0.498 e. The zero-order valence-electron chi connectivity index (χ0n) is 36.0. The van der Waals surface area contributed by atoms with E-state index >= 15 is 0 Å². The molecule has 1 aliphatic rings. The highest BCUT2D eigenvalue weighted by Crippen LogP contribution is 2.41. The van der Waals surface area contributed by atoms with Gasteiger partial charge >= 0.3 is 5.97 Å². The Bertz CT molecular complexity index is 1210. The molecule has 0 radical (unpaired) electrons. The maximum atomic E-state index is 12.2. The van der Waals surface area contributed by atoms with Crippen molar-refractivity contribution < 1.29 is 57.7 Å². The molecular formula is C42H73NO12. The lowest BCUT2D eigenvalue weighted by atomic mass is 9.78. The molecule has 0 aliphatic carbocycles. The summed E-state index contributed by atoms with van der Waals surface area (Å²) in [4.78, 5) is 49.4. The maximum absolute atomic E-state index is 12.2. The molecule has 1 saturated heterocycles. The highest BCUT2D eigenvalue weighted by Gasteiger charge is 2.49. The van der Waals surface area contributed by atoms with Gasteiger partial charge in [-0.1, -0.05) is 52.0 Å². The zero-order chi connectivity index (χ0) is 41.9. The molecule has 1 aliphatic heterocycles. The number of likely N-dealkylation sites (N-methyl/N-ethyl adjacent to an activating group) is 1. The summed E-state index contributed by atoms with van der Waals surface area (Å²) in [6, 6.07) is -0.560. The Balaban J connectivity index is 3.49. The Kier molecular flexibility index (Phi) is 23.2. The van der Waals surface area contributed by atoms with Gasteiger partial charge in [0.15, 0.2) is 18.2 Å². The van der Waals surface area contributed by atoms with Crippen LogP contribution in [0.2, 0.25) is 0 Å². The minimum absolute atomic E-state index is 0.0494. The largest absolute Gasteiger partial charge is 0.498 e. The van der Waals surface area contributed by atoms with Crippen molar-refractivity contribution in [3.05, 3.63) is 35.8 Å². The van der Waals surface area contributed by atoms with Crippen molar-refractivity contribution in [1.29, 1.82) is 0 Å². The number of carbonyl (C=O) groups excluding carboxylic acids is 3. The van der Waals surface area contributed by atoms with Gasteiger partial charge in [-0.3, -0.25) is 9.59 Å². The van der Waals surface area contributed by atoms with Crippen molar-refractivity contribution >= 4 is 18.7 Å². The molecule has 1 N–H and O–H groups in total. The first-order valence-electron chi connectivity index (χ1n) is 19.8. The lowest BCUT2D eigenvalue weighted by molar-refractivity contribution is -0.380. The van der Waals surface area contributed by atoms with Gasteiger partial charge in [-0.2, -0.15) is 0 Å². The number of rotatable bonds is 27. The summed E-state index contributed by atoms with van der Waals surface area (Å²) in [7, 11) is 6.79. The predicted molar refractivity (Wildman–Crippen MR) is 210 cm³/mol. The number of esters is 1. The van der Waals surface area contributed by atoms with Crippen molar-refractivity contribution in [2.75, 3.05) is 28.3 Å². The van der Waals surface area contributed by atoms with E-state index in [-0.39, 0.29) is 54.7 Å². The molecule has 1 fully saturated rings. The van der Waals surface area contributed by atoms with Gasteiger partial charge in [0.1, 0.15) is 36.0 Å². The van der Waals surface area contributed by atoms with E-state index in [0.29, 0.717) is 37.3 Å². The van der Waals surface area contributed by atoms with Crippen LogP contribution in [0.25, 0.3) is 0 Å². The van der Waals surface area contributed by atoms with E-state index in [1.807, 2.05) is 71.8 Å². The molecule has 13 atom stereocenters. The molecule has 0 aromatic rings. The monoisotopic (exact) mass is 784 g/mol. The summed E-state index contributed by atoms with van der Waals surface area (Å²) in [6.45, 7) is 19.2. The topological polar surface area (TPSA) is 149 Å². The van der Waals surface area contributed by atoms with Gasteiger partial charge in [-0.25, -0.2) is 9.78 Å². The van der Waals surface area contributed by atoms with Crippen LogP contribution >= 0.6 is 0 Å². The molecule has 13 nitrogen and oxygen atoms in total. The number of hydrogen-bond donors (Lipinski definition) is 1. The fourth-order valence-corrected chi connectivity index (χ4v) is 7.73. The Morgan fingerprint density at radius 1 is 1.02 bits per heavy atom. The zero-order valence-corrected chi connectivity index (χ0v) is 36.0. The van der Waals surface area contributed by atoms with Gasteiger partial charge in [0.25, 0.3) is 6.47 Å². The van der Waals surface area contributed by atoms with E-state index < -0.39 is 42.3 Å². The van der Waals surface area contributed by atoms with Crippen molar-refractivity contribution in [1.82, 2.24) is 4.90 Å². The number of carbonyl (C=O) groups is 3. The standard InChI is InChI=1S/C42H73NO12/c1-15-35-31(7)51-37(25-42(35,10)53-33(9)47)52-39(38(30(6)46)43(11)12)32(8)54-55-40(41(49-14)36(16-2)48-13)34(22-23-44)24-28(4)27(3)20-18-17-19-21-29(5)50-26-45/h17-20,23,26-32,34-35,37-40,46H,15-16,21-22,24-25H2,1-14H3/b19-17+,20-18+,41-36+. The molecule has 13 heteroatoms. The molecule has 318 valence electrons. The van der Waals surface area contributed by atoms with Gasteiger partial charge in [-0.05, 0) is 73.4 Å². The average molecular weight is 784 g/mol. The highest BCUT2D eigenvalue weighted by atomic mass is 17.2. The predicted octanol–water partition coefficient (Wildman–Crippen LogP) is 6.72. The van der Waals surface area contributed by atoms with Crippen LogP contribution in [-0.4, -0.2) is 112 Å². The fraction of sp³-hybridized carbons (Fsp3) is 0.786. The van der Waals surface area contributed by atoms with Gasteiger partial charge < -0.3 is 43.2 Å². The van der Waals surface area contributed by atoms with Crippen LogP contribution in [0.3, 0.4) is 0 Å². The Morgan fingerprint density at radius 2 is 1.69 bits per heavy atom. The highest BCUT2D eigenvalue weighted by molar-refractivity contribution is 5.66. The van der Waals surface area contributed by atoms with Gasteiger partial charge in [0.2, 0.25) is 0 Å². The smallest absolute Gasteiger partial charge is 0.303 e. The molecule has 1 rings (SSSR count). The molecule has 0 amide bonds. The summed E-state index contributed by atoms with van der Waals surface area (Å²) < 4.78 is 35.5. The summed E-state index contributed by atoms with van der Waals surface area (Å²) in [5.74, 6) is 0.437. The molecule has 0 bridgehead atoms. The summed E-state index contributed by atoms with van der Waals surface area (Å²) in [5.41, 5.74) is -0.835. The van der Waals surface area contributed by atoms with Gasteiger partial charge in [-0.15, -0.1) is 0 Å². The first-order chi connectivity index (χ1) is 25.9. The quantitative estimate of drug-likeness (QED) is 0.0235. The second-order valence-corrected chi connectivity index (χ2v) is 15.4. The molecule has 55 heavy (non-hydrogen) atoms. The second kappa shape index (κ2) is 25.4. The van der Waals surface area contributed by atoms with Crippen LogP contribution in [0, 0.1) is 23.7 Å². The van der Waals surface area contributed by atoms with E-state index in [2.05, 4.69) is 19.9 Å². The van der Waals surface area contributed by atoms with E-state index in [4.69, 9.17) is 38.2 Å². The third-order valence-corrected chi connectivity index (χ3v) is 10.8. The second-order valence-electron chi connectivity index (χ2n) is 15.4. The maximum Gasteiger partial charge on any atom is 0.303 e. The van der Waals surface area contributed by atoms with Gasteiger partial charge in [0, 0.05) is 44.4 Å². The Labute approximate surface area is 331 Å². The van der Waals surface area contributed by atoms with Crippen molar-refractivity contribution in [3.8, 4) is 0 Å². The molecular weight excluding hydrogens is 710 g/mol. The number of aldehydes is 1. The van der Waals surface area contributed by atoms with Crippen LogP contribution in [-0.2, 0) is 52.6 Å². The first kappa shape index (κ1) is 50.2. The van der Waals surface area contributed by atoms with Crippen LogP contribution in [0.15, 0.2) is 35.8 Å². The number of aliphatic hydroxyl groups excluding tert-OH is 1. The first-order valence-corrected chi connectivity index (χ1v) is 19.8. The van der Waals surface area contributed by atoms with Crippen molar-refractivity contribution in [2.45, 2.75) is 162 Å². The third kappa shape index (κ3) is 15.9. The van der Waals surface area contributed by atoms with Crippen molar-refractivity contribution in [3.63, 3.8) is 0 Å². The Hall–Kier alpha value is -2.81. The van der Waals surface area contributed by atoms with E-state index in [0.717, 1.165) is 12.7 Å². The van der Waals surface area contributed by atoms with Crippen molar-refractivity contribution in [2.24, 2.45) is 23.7 Å². The molecule has 13 unspecified atom stereocenters. The Morgan fingerprint density at radius 3 is 2.20 bits per heavy atom. The van der Waals surface area contributed by atoms with E-state index in [1.165, 1.54) is 14.0 Å². The van der Waals surface area contributed by atoms with Crippen LogP contribution in [0.1, 0.15) is 108 Å². The molecule has 0 aromatic carbocycles. The van der Waals surface area contributed by atoms with E-state index in [9.17, 15) is 19.5 Å². The SMILES string of the molecule is CC/C(OC)=C(\OC)C(OOC(C)C(OC1CC(C)(OC(C)=O)C(CC)C(C)O1)C(C(C)O)N(C)C)C(CC=O)CC(C)C(C)/C=C/C=C/CC(C)OC=O. The van der Waals surface area contributed by atoms with Crippen LogP contribution in [0.5, 0.6) is 0 Å². The normalized spacial score (nSPS) is 25.9. The molecule has 0 saturated carbocycles. The molecule has 1 heterocycles. The molecule has 0 spiro atoms. The number of allylic oxidation sites excluding steroid dienone is 4. The number of aliphatic hydroxyl groups is 1. The lowest BCUT2D eigenvalue weighted by Gasteiger charge is -2.48. The average Bonchev–Trinajstić information content (AvgIpc) is 3.09. The number of methoxy groups -OCH3 is 2. The number of ether oxygens (including phenoxy) is 6. The van der Waals surface area contributed by atoms with Crippen LogP contribution < -0.4 is 0 Å². The van der Waals surface area contributed by atoms with E-state index in [1.54, 1.807) is 21.0 Å². The number of nitrogens with zero attached hydrogens (tertiary/aromatic N) is 1. The van der Waals surface area contributed by atoms with Crippen LogP contribution in [0.4, 0.5) is 0 Å². The summed E-state index contributed by atoms with van der Waals surface area (Å²) in [6.07, 6.45) is 7.21.